The summed E-state index contributed by atoms with van der Waals surface area (Å²) in [6.07, 6.45) is -3.14. The van der Waals surface area contributed by atoms with Gasteiger partial charge < -0.3 is 18.9 Å². The number of fused-ring (bicyclic) bond motifs is 1. The molecule has 1 heterocycles. The van der Waals surface area contributed by atoms with Crippen LogP contribution in [0.4, 0.5) is 13.2 Å². The van der Waals surface area contributed by atoms with Crippen LogP contribution < -0.4 is 15.0 Å². The third-order valence-corrected chi connectivity index (χ3v) is 3.91. The Morgan fingerprint density at radius 2 is 1.85 bits per heavy atom. The van der Waals surface area contributed by atoms with E-state index in [0.717, 1.165) is 4.57 Å². The van der Waals surface area contributed by atoms with Crippen molar-refractivity contribution in [2.75, 3.05) is 27.3 Å². The zero-order valence-electron chi connectivity index (χ0n) is 14.6. The minimum atomic E-state index is -4.50. The van der Waals surface area contributed by atoms with Gasteiger partial charge in [-0.15, -0.1) is 0 Å². The minimum Gasteiger partial charge on any atom is -0.493 e. The van der Waals surface area contributed by atoms with Gasteiger partial charge in [0.25, 0.3) is 5.56 Å². The number of carbonyl (C=O) groups excluding carboxylic acids is 1. The van der Waals surface area contributed by atoms with Gasteiger partial charge in [0.1, 0.15) is 13.1 Å². The van der Waals surface area contributed by atoms with Crippen LogP contribution >= 0.6 is 0 Å². The molecule has 1 amide bonds. The van der Waals surface area contributed by atoms with Crippen molar-refractivity contribution in [3.8, 4) is 11.5 Å². The van der Waals surface area contributed by atoms with E-state index in [4.69, 9.17) is 9.47 Å². The Morgan fingerprint density at radius 3 is 2.38 bits per heavy atom. The molecule has 0 fully saturated rings. The van der Waals surface area contributed by atoms with Crippen LogP contribution in [0.2, 0.25) is 0 Å². The van der Waals surface area contributed by atoms with Gasteiger partial charge in [0.05, 0.1) is 19.6 Å². The molecule has 6 nitrogen and oxygen atoms in total. The molecule has 1 aromatic heterocycles. The molecule has 0 unspecified atom stereocenters. The highest BCUT2D eigenvalue weighted by Gasteiger charge is 2.32. The third-order valence-electron chi connectivity index (χ3n) is 3.91. The molecule has 0 aliphatic heterocycles. The predicted octanol–water partition coefficient (Wildman–Crippen LogP) is 2.43. The minimum absolute atomic E-state index is 0.105. The van der Waals surface area contributed by atoms with E-state index in [1.807, 2.05) is 0 Å². The SMILES string of the molecule is CCN(CC(F)(F)F)C(=O)Cn1ccc2c(OC)c(OC)ccc2c1=O. The number of methoxy groups -OCH3 is 2. The number of carbonyl (C=O) groups is 1. The van der Waals surface area contributed by atoms with Gasteiger partial charge in [-0.05, 0) is 25.1 Å². The Labute approximate surface area is 147 Å². The molecule has 0 spiro atoms. The van der Waals surface area contributed by atoms with Crippen molar-refractivity contribution >= 4 is 16.7 Å². The molecule has 0 radical (unpaired) electrons. The monoisotopic (exact) mass is 372 g/mol. The molecule has 0 saturated carbocycles. The number of nitrogens with zero attached hydrogens (tertiary/aromatic N) is 2. The maximum Gasteiger partial charge on any atom is 0.406 e. The fraction of sp³-hybridized carbons (Fsp3) is 0.412. The molecule has 1 aromatic carbocycles. The Hall–Kier alpha value is -2.71. The van der Waals surface area contributed by atoms with E-state index in [2.05, 4.69) is 0 Å². The fourth-order valence-electron chi connectivity index (χ4n) is 2.65. The first kappa shape index (κ1) is 19.6. The van der Waals surface area contributed by atoms with Crippen LogP contribution in [0.25, 0.3) is 10.8 Å². The highest BCUT2D eigenvalue weighted by atomic mass is 19.4. The van der Waals surface area contributed by atoms with Crippen molar-refractivity contribution in [2.24, 2.45) is 0 Å². The summed E-state index contributed by atoms with van der Waals surface area (Å²) in [6.45, 7) is -0.488. The predicted molar refractivity (Wildman–Crippen MR) is 89.6 cm³/mol. The molecule has 0 N–H and O–H groups in total. The van der Waals surface area contributed by atoms with E-state index in [9.17, 15) is 22.8 Å². The number of alkyl halides is 3. The number of hydrogen-bond acceptors (Lipinski definition) is 4. The average molecular weight is 372 g/mol. The zero-order valence-corrected chi connectivity index (χ0v) is 14.6. The van der Waals surface area contributed by atoms with Crippen LogP contribution in [0.5, 0.6) is 11.5 Å². The summed E-state index contributed by atoms with van der Waals surface area (Å²) in [5.41, 5.74) is -0.500. The lowest BCUT2D eigenvalue weighted by Crippen LogP contribution is -2.41. The molecule has 0 saturated heterocycles. The molecule has 142 valence electrons. The molecule has 0 atom stereocenters. The Kier molecular flexibility index (Phi) is 5.79. The zero-order chi connectivity index (χ0) is 19.5. The average Bonchev–Trinajstić information content (AvgIpc) is 2.60. The third kappa shape index (κ3) is 4.09. The number of aromatic nitrogens is 1. The van der Waals surface area contributed by atoms with Crippen molar-refractivity contribution < 1.29 is 27.4 Å². The number of likely N-dealkylation sites (N-methyl/N-ethyl adjacent to an activating group) is 1. The second kappa shape index (κ2) is 7.67. The summed E-state index contributed by atoms with van der Waals surface area (Å²) in [7, 11) is 2.90. The van der Waals surface area contributed by atoms with Crippen molar-refractivity contribution in [3.05, 3.63) is 34.7 Å². The molecule has 0 aliphatic rings. The van der Waals surface area contributed by atoms with E-state index in [0.29, 0.717) is 21.8 Å². The van der Waals surface area contributed by atoms with Crippen LogP contribution in [0.3, 0.4) is 0 Å². The van der Waals surface area contributed by atoms with E-state index in [1.54, 1.807) is 12.1 Å². The lowest BCUT2D eigenvalue weighted by Gasteiger charge is -2.22. The number of hydrogen-bond donors (Lipinski definition) is 0. The molecule has 2 rings (SSSR count). The van der Waals surface area contributed by atoms with Crippen LogP contribution in [-0.4, -0.2) is 48.9 Å². The van der Waals surface area contributed by atoms with Crippen LogP contribution in [0.15, 0.2) is 29.2 Å². The molecular formula is C17H19F3N2O4. The first-order chi connectivity index (χ1) is 12.2. The summed E-state index contributed by atoms with van der Waals surface area (Å²) >= 11 is 0. The van der Waals surface area contributed by atoms with E-state index >= 15 is 0 Å². The molecule has 0 bridgehead atoms. The lowest BCUT2D eigenvalue weighted by molar-refractivity contribution is -0.161. The van der Waals surface area contributed by atoms with Gasteiger partial charge >= 0.3 is 6.18 Å². The smallest absolute Gasteiger partial charge is 0.406 e. The number of amides is 1. The first-order valence-corrected chi connectivity index (χ1v) is 7.80. The quantitative estimate of drug-likeness (QED) is 0.782. The Morgan fingerprint density at radius 1 is 1.15 bits per heavy atom. The second-order valence-electron chi connectivity index (χ2n) is 5.53. The van der Waals surface area contributed by atoms with Gasteiger partial charge in [0, 0.05) is 18.1 Å². The van der Waals surface area contributed by atoms with Crippen LogP contribution in [-0.2, 0) is 11.3 Å². The van der Waals surface area contributed by atoms with E-state index in [1.165, 1.54) is 33.4 Å². The van der Waals surface area contributed by atoms with Gasteiger partial charge in [-0.1, -0.05) is 0 Å². The first-order valence-electron chi connectivity index (χ1n) is 7.80. The summed E-state index contributed by atoms with van der Waals surface area (Å²) in [6, 6.07) is 4.63. The molecule has 26 heavy (non-hydrogen) atoms. The van der Waals surface area contributed by atoms with Gasteiger partial charge in [0.2, 0.25) is 5.91 Å². The summed E-state index contributed by atoms with van der Waals surface area (Å²) in [5, 5.41) is 0.764. The van der Waals surface area contributed by atoms with Crippen LogP contribution in [0.1, 0.15) is 6.92 Å². The maximum absolute atomic E-state index is 12.6. The van der Waals surface area contributed by atoms with Crippen molar-refractivity contribution in [1.29, 1.82) is 0 Å². The van der Waals surface area contributed by atoms with Gasteiger partial charge in [-0.2, -0.15) is 13.2 Å². The van der Waals surface area contributed by atoms with Gasteiger partial charge in [-0.3, -0.25) is 9.59 Å². The number of rotatable bonds is 6. The molecule has 9 heteroatoms. The topological polar surface area (TPSA) is 60.8 Å². The van der Waals surface area contributed by atoms with Gasteiger partial charge in [-0.25, -0.2) is 0 Å². The summed E-state index contributed by atoms with van der Waals surface area (Å²) < 4.78 is 49.2. The summed E-state index contributed by atoms with van der Waals surface area (Å²) in [4.78, 5) is 25.4. The van der Waals surface area contributed by atoms with Crippen LogP contribution in [0, 0.1) is 0 Å². The molecule has 0 aliphatic carbocycles. The highest BCUT2D eigenvalue weighted by molar-refractivity contribution is 5.90. The summed E-state index contributed by atoms with van der Waals surface area (Å²) in [5.74, 6) is 0.0233. The molecule has 2 aromatic rings. The van der Waals surface area contributed by atoms with E-state index in [-0.39, 0.29) is 11.9 Å². The largest absolute Gasteiger partial charge is 0.493 e. The van der Waals surface area contributed by atoms with Crippen molar-refractivity contribution in [2.45, 2.75) is 19.6 Å². The maximum atomic E-state index is 12.6. The normalized spacial score (nSPS) is 11.5. The molecular weight excluding hydrogens is 353 g/mol. The number of benzene rings is 1. The van der Waals surface area contributed by atoms with Crippen molar-refractivity contribution in [3.63, 3.8) is 0 Å². The standard InChI is InChI=1S/C17H19F3N2O4/c1-4-21(10-17(18,19)20)14(23)9-22-8-7-11-12(16(22)24)5-6-13(25-2)15(11)26-3/h5-8H,4,9-10H2,1-3H3. The van der Waals surface area contributed by atoms with E-state index < -0.39 is 30.7 Å². The Balaban J connectivity index is 2.38. The number of ether oxygens (including phenoxy) is 2. The lowest BCUT2D eigenvalue weighted by atomic mass is 10.1. The second-order valence-corrected chi connectivity index (χ2v) is 5.53. The van der Waals surface area contributed by atoms with Gasteiger partial charge in [0.15, 0.2) is 11.5 Å². The van der Waals surface area contributed by atoms with Crippen molar-refractivity contribution in [1.82, 2.24) is 9.47 Å². The number of pyridine rings is 1. The Bertz CT molecular complexity index is 861. The number of halogens is 3. The highest BCUT2D eigenvalue weighted by Crippen LogP contribution is 2.33. The fourth-order valence-corrected chi connectivity index (χ4v) is 2.65.